The van der Waals surface area contributed by atoms with Crippen molar-refractivity contribution in [2.24, 2.45) is 5.92 Å². The summed E-state index contributed by atoms with van der Waals surface area (Å²) < 4.78 is 13.0. The van der Waals surface area contributed by atoms with Gasteiger partial charge < -0.3 is 24.7 Å². The number of nitrogens with two attached hydrogens (primary N) is 1. The fourth-order valence-corrected chi connectivity index (χ4v) is 5.21. The van der Waals surface area contributed by atoms with Crippen LogP contribution in [0.25, 0.3) is 11.0 Å². The summed E-state index contributed by atoms with van der Waals surface area (Å²) in [6, 6.07) is 7.69. The molecule has 5 rings (SSSR count). The molecule has 1 fully saturated rings. The molecule has 3 aromatic rings. The van der Waals surface area contributed by atoms with Gasteiger partial charge in [0.25, 0.3) is 0 Å². The van der Waals surface area contributed by atoms with Crippen LogP contribution in [0.1, 0.15) is 24.8 Å². The van der Waals surface area contributed by atoms with Crippen LogP contribution in [0, 0.1) is 17.2 Å². The molecule has 2 aliphatic rings. The number of hydrogen-bond donors (Lipinski definition) is 1. The lowest BCUT2D eigenvalue weighted by Gasteiger charge is -2.29. The summed E-state index contributed by atoms with van der Waals surface area (Å²) in [7, 11) is 0. The molecule has 9 nitrogen and oxygen atoms in total. The number of imidazole rings is 1. The first-order valence-corrected chi connectivity index (χ1v) is 11.3. The second-order valence-electron chi connectivity index (χ2n) is 7.90. The van der Waals surface area contributed by atoms with Gasteiger partial charge in [-0.2, -0.15) is 5.26 Å². The van der Waals surface area contributed by atoms with Crippen LogP contribution < -0.4 is 15.2 Å². The van der Waals surface area contributed by atoms with Crippen LogP contribution in [0.2, 0.25) is 0 Å². The van der Waals surface area contributed by atoms with Crippen LogP contribution in [-0.4, -0.2) is 45.7 Å². The van der Waals surface area contributed by atoms with E-state index in [0.29, 0.717) is 34.3 Å². The molecule has 0 aliphatic carbocycles. The smallest absolute Gasteiger partial charge is 0.231 e. The van der Waals surface area contributed by atoms with Gasteiger partial charge in [0, 0.05) is 36.8 Å². The number of likely N-dealkylation sites (tertiary alicyclic amines) is 1. The van der Waals surface area contributed by atoms with Crippen molar-refractivity contribution < 1.29 is 14.3 Å². The number of hydrogen-bond acceptors (Lipinski definition) is 8. The summed E-state index contributed by atoms with van der Waals surface area (Å²) in [6.45, 7) is 2.53. The molecule has 0 saturated carbocycles. The number of ether oxygens (including phenoxy) is 2. The van der Waals surface area contributed by atoms with Crippen molar-refractivity contribution in [1.29, 1.82) is 5.26 Å². The van der Waals surface area contributed by atoms with Gasteiger partial charge in [-0.15, -0.1) is 0 Å². The monoisotopic (exact) mass is 450 g/mol. The van der Waals surface area contributed by atoms with E-state index in [0.717, 1.165) is 60.9 Å². The van der Waals surface area contributed by atoms with E-state index in [-0.39, 0.29) is 6.79 Å². The Morgan fingerprint density at radius 1 is 1.28 bits per heavy atom. The van der Waals surface area contributed by atoms with Gasteiger partial charge in [0.05, 0.1) is 11.1 Å². The highest BCUT2D eigenvalue weighted by atomic mass is 32.2. The van der Waals surface area contributed by atoms with Crippen molar-refractivity contribution in [3.05, 3.63) is 30.0 Å². The third-order valence-corrected chi connectivity index (χ3v) is 7.07. The minimum atomic E-state index is 0.151. The number of amides is 1. The lowest BCUT2D eigenvalue weighted by atomic mass is 9.94. The molecule has 1 amide bonds. The SMILES string of the molecule is N#Cc1cc2c(cc1Sc1nc3c(N)nccc3n1CCC1CCN(C=O)CC1)OCO2. The average molecular weight is 451 g/mol. The number of rotatable bonds is 6. The third kappa shape index (κ3) is 3.80. The lowest BCUT2D eigenvalue weighted by molar-refractivity contribution is -0.119. The van der Waals surface area contributed by atoms with E-state index in [1.807, 2.05) is 17.0 Å². The topological polar surface area (TPSA) is 119 Å². The van der Waals surface area contributed by atoms with Crippen molar-refractivity contribution in [3.63, 3.8) is 0 Å². The van der Waals surface area contributed by atoms with Gasteiger partial charge >= 0.3 is 0 Å². The van der Waals surface area contributed by atoms with Gasteiger partial charge in [0.2, 0.25) is 13.2 Å². The number of benzene rings is 1. The molecule has 164 valence electrons. The first-order chi connectivity index (χ1) is 15.7. The zero-order valence-corrected chi connectivity index (χ0v) is 18.2. The summed E-state index contributed by atoms with van der Waals surface area (Å²) >= 11 is 1.41. The van der Waals surface area contributed by atoms with Crippen LogP contribution in [0.4, 0.5) is 5.82 Å². The molecule has 2 aromatic heterocycles. The van der Waals surface area contributed by atoms with E-state index in [4.69, 9.17) is 20.2 Å². The highest BCUT2D eigenvalue weighted by molar-refractivity contribution is 7.99. The predicted octanol–water partition coefficient (Wildman–Crippen LogP) is 3.02. The number of nitrogens with zero attached hydrogens (tertiary/aromatic N) is 5. The standard InChI is InChI=1S/C22H22N6O3S/c23-11-15-9-17-18(31-13-30-17)10-19(15)32-22-26-20-16(1-5-25-21(20)24)28(22)8-4-14-2-6-27(12-29)7-3-14/h1,5,9-10,12,14H,2-4,6-8,13H2,(H2,24,25). The Bertz CT molecular complexity index is 1210. The van der Waals surface area contributed by atoms with Gasteiger partial charge in [0.15, 0.2) is 22.5 Å². The normalized spacial score (nSPS) is 15.8. The Morgan fingerprint density at radius 2 is 2.06 bits per heavy atom. The molecular formula is C22H22N6O3S. The van der Waals surface area contributed by atoms with Gasteiger partial charge in [-0.05, 0) is 37.3 Å². The number of aromatic nitrogens is 3. The van der Waals surface area contributed by atoms with Gasteiger partial charge in [-0.3, -0.25) is 4.79 Å². The zero-order chi connectivity index (χ0) is 22.1. The predicted molar refractivity (Wildman–Crippen MR) is 118 cm³/mol. The highest BCUT2D eigenvalue weighted by Crippen LogP contribution is 2.41. The second kappa shape index (κ2) is 8.59. The minimum absolute atomic E-state index is 0.151. The summed E-state index contributed by atoms with van der Waals surface area (Å²) in [6.07, 6.45) is 5.59. The van der Waals surface area contributed by atoms with Crippen molar-refractivity contribution in [3.8, 4) is 17.6 Å². The summed E-state index contributed by atoms with van der Waals surface area (Å²) in [5.74, 6) is 2.13. The van der Waals surface area contributed by atoms with E-state index in [9.17, 15) is 10.1 Å². The molecule has 0 bridgehead atoms. The van der Waals surface area contributed by atoms with Gasteiger partial charge in [-0.25, -0.2) is 9.97 Å². The fourth-order valence-electron chi connectivity index (χ4n) is 4.20. The van der Waals surface area contributed by atoms with E-state index in [1.54, 1.807) is 12.3 Å². The number of carbonyl (C=O) groups is 1. The van der Waals surface area contributed by atoms with E-state index in [2.05, 4.69) is 15.6 Å². The van der Waals surface area contributed by atoms with Gasteiger partial charge in [-0.1, -0.05) is 11.8 Å². The number of carbonyl (C=O) groups excluding carboxylic acids is 1. The number of aryl methyl sites for hydroxylation is 1. The second-order valence-corrected chi connectivity index (χ2v) is 8.91. The van der Waals surface area contributed by atoms with Crippen molar-refractivity contribution in [2.75, 3.05) is 25.6 Å². The van der Waals surface area contributed by atoms with E-state index < -0.39 is 0 Å². The highest BCUT2D eigenvalue weighted by Gasteiger charge is 2.23. The Hall–Kier alpha value is -3.45. The number of nitriles is 1. The number of pyridine rings is 1. The summed E-state index contributed by atoms with van der Waals surface area (Å²) in [5, 5.41) is 10.4. The number of piperidine rings is 1. The van der Waals surface area contributed by atoms with Crippen LogP contribution in [0.3, 0.4) is 0 Å². The largest absolute Gasteiger partial charge is 0.454 e. The molecular weight excluding hydrogens is 428 g/mol. The van der Waals surface area contributed by atoms with Crippen LogP contribution in [0.15, 0.2) is 34.4 Å². The van der Waals surface area contributed by atoms with E-state index >= 15 is 0 Å². The molecule has 32 heavy (non-hydrogen) atoms. The third-order valence-electron chi connectivity index (χ3n) is 6.02. The minimum Gasteiger partial charge on any atom is -0.454 e. The molecule has 10 heteroatoms. The Kier molecular flexibility index (Phi) is 5.49. The molecule has 2 N–H and O–H groups in total. The number of fused-ring (bicyclic) bond motifs is 2. The zero-order valence-electron chi connectivity index (χ0n) is 17.4. The first-order valence-electron chi connectivity index (χ1n) is 10.5. The van der Waals surface area contributed by atoms with Crippen LogP contribution >= 0.6 is 11.8 Å². The number of nitrogen functional groups attached to an aromatic ring is 1. The Morgan fingerprint density at radius 3 is 2.81 bits per heavy atom. The average Bonchev–Trinajstić information content (AvgIpc) is 3.42. The molecule has 2 aliphatic heterocycles. The van der Waals surface area contributed by atoms with Crippen molar-refractivity contribution in [2.45, 2.75) is 35.9 Å². The Labute approximate surface area is 189 Å². The van der Waals surface area contributed by atoms with Crippen molar-refractivity contribution in [1.82, 2.24) is 19.4 Å². The maximum atomic E-state index is 11.0. The molecule has 1 saturated heterocycles. The summed E-state index contributed by atoms with van der Waals surface area (Å²) in [4.78, 5) is 22.5. The quantitative estimate of drug-likeness (QED) is 0.569. The van der Waals surface area contributed by atoms with Crippen molar-refractivity contribution >= 4 is 35.0 Å². The summed E-state index contributed by atoms with van der Waals surface area (Å²) in [5.41, 5.74) is 8.19. The lowest BCUT2D eigenvalue weighted by Crippen LogP contribution is -2.32. The molecule has 0 spiro atoms. The van der Waals surface area contributed by atoms with Gasteiger partial charge in [0.1, 0.15) is 11.6 Å². The first kappa shape index (κ1) is 20.5. The Balaban J connectivity index is 1.45. The van der Waals surface area contributed by atoms with E-state index in [1.165, 1.54) is 11.8 Å². The molecule has 4 heterocycles. The molecule has 1 aromatic carbocycles. The maximum Gasteiger partial charge on any atom is 0.231 e. The molecule has 0 unspecified atom stereocenters. The maximum absolute atomic E-state index is 11.0. The number of anilines is 1. The van der Waals surface area contributed by atoms with Crippen LogP contribution in [0.5, 0.6) is 11.5 Å². The molecule has 0 radical (unpaired) electrons. The fraction of sp³-hybridized carbons (Fsp3) is 0.364. The van der Waals surface area contributed by atoms with Crippen LogP contribution in [-0.2, 0) is 11.3 Å². The molecule has 0 atom stereocenters.